The second-order valence-electron chi connectivity index (χ2n) is 2.72. The summed E-state index contributed by atoms with van der Waals surface area (Å²) in [7, 11) is 1.35. The van der Waals surface area contributed by atoms with Crippen LogP contribution < -0.4 is 0 Å². The zero-order valence-electron chi connectivity index (χ0n) is 8.38. The molecule has 0 saturated heterocycles. The highest BCUT2D eigenvalue weighted by Crippen LogP contribution is 2.14. The smallest absolute Gasteiger partial charge is 0.317 e. The Hall–Kier alpha value is -1.34. The van der Waals surface area contributed by atoms with Crippen molar-refractivity contribution in [2.75, 3.05) is 7.11 Å². The minimum absolute atomic E-state index is 0.119. The normalized spacial score (nSPS) is 9.07. The molecule has 0 saturated carbocycles. The second-order valence-corrected chi connectivity index (χ2v) is 3.92. The molecule has 0 aliphatic rings. The molecular formula is C10H11NO2S. The van der Waals surface area contributed by atoms with Crippen molar-refractivity contribution < 1.29 is 9.53 Å². The number of carbonyl (C=O) groups excluding carboxylic acids is 1. The van der Waals surface area contributed by atoms with E-state index in [9.17, 15) is 4.79 Å². The van der Waals surface area contributed by atoms with Crippen LogP contribution in [0.2, 0.25) is 0 Å². The Morgan fingerprint density at radius 3 is 2.79 bits per heavy atom. The van der Waals surface area contributed by atoms with Gasteiger partial charge in [0.2, 0.25) is 0 Å². The monoisotopic (exact) mass is 209 g/mol. The minimum atomic E-state index is -0.317. The van der Waals surface area contributed by atoms with E-state index in [1.165, 1.54) is 18.4 Å². The Bertz CT molecular complexity index is 378. The van der Waals surface area contributed by atoms with Gasteiger partial charge in [-0.3, -0.25) is 4.79 Å². The summed E-state index contributed by atoms with van der Waals surface area (Å²) < 4.78 is 4.46. The Kier molecular flexibility index (Phi) is 3.66. The summed E-state index contributed by atoms with van der Waals surface area (Å²) in [6.45, 7) is 3.94. The number of esters is 1. The van der Waals surface area contributed by atoms with E-state index in [1.54, 1.807) is 0 Å². The van der Waals surface area contributed by atoms with Crippen LogP contribution in [0, 0.1) is 25.7 Å². The number of thiazole rings is 1. The molecule has 0 unspecified atom stereocenters. The zero-order chi connectivity index (χ0) is 10.6. The molecule has 14 heavy (non-hydrogen) atoms. The molecule has 1 heterocycles. The van der Waals surface area contributed by atoms with Crippen molar-refractivity contribution in [1.29, 1.82) is 0 Å². The van der Waals surface area contributed by atoms with Crippen LogP contribution >= 0.6 is 11.3 Å². The number of methoxy groups -OCH3 is 1. The van der Waals surface area contributed by atoms with Crippen molar-refractivity contribution in [3.63, 3.8) is 0 Å². The number of aromatic nitrogens is 1. The molecule has 0 aliphatic heterocycles. The Labute approximate surface area is 87.1 Å². The molecule has 4 heteroatoms. The van der Waals surface area contributed by atoms with Gasteiger partial charge >= 0.3 is 5.97 Å². The first kappa shape index (κ1) is 10.7. The van der Waals surface area contributed by atoms with Crippen molar-refractivity contribution in [3.8, 4) is 11.8 Å². The van der Waals surface area contributed by atoms with Crippen LogP contribution in [0.5, 0.6) is 0 Å². The summed E-state index contributed by atoms with van der Waals surface area (Å²) in [4.78, 5) is 16.1. The number of rotatable bonds is 1. The van der Waals surface area contributed by atoms with Crippen LogP contribution in [-0.4, -0.2) is 18.1 Å². The topological polar surface area (TPSA) is 39.2 Å². The van der Waals surface area contributed by atoms with Crippen molar-refractivity contribution in [3.05, 3.63) is 15.6 Å². The Morgan fingerprint density at radius 1 is 1.57 bits per heavy atom. The van der Waals surface area contributed by atoms with Gasteiger partial charge in [0.15, 0.2) is 5.01 Å². The first-order valence-corrected chi connectivity index (χ1v) is 4.95. The van der Waals surface area contributed by atoms with Crippen LogP contribution in [0.3, 0.4) is 0 Å². The van der Waals surface area contributed by atoms with Gasteiger partial charge in [-0.15, -0.1) is 11.3 Å². The molecule has 1 aromatic heterocycles. The summed E-state index contributed by atoms with van der Waals surface area (Å²) in [5.41, 5.74) is 0.998. The number of hydrogen-bond donors (Lipinski definition) is 0. The lowest BCUT2D eigenvalue weighted by Gasteiger charge is -1.88. The Balaban J connectivity index is 2.64. The molecule has 74 valence electrons. The molecule has 1 aromatic rings. The van der Waals surface area contributed by atoms with E-state index in [0.29, 0.717) is 0 Å². The average Bonchev–Trinajstić information content (AvgIpc) is 2.46. The lowest BCUT2D eigenvalue weighted by Crippen LogP contribution is -1.96. The molecule has 0 radical (unpaired) electrons. The largest absolute Gasteiger partial charge is 0.468 e. The van der Waals surface area contributed by atoms with Crippen LogP contribution in [0.4, 0.5) is 0 Å². The summed E-state index contributed by atoms with van der Waals surface area (Å²) >= 11 is 1.54. The molecule has 0 atom stereocenters. The van der Waals surface area contributed by atoms with Gasteiger partial charge in [0, 0.05) is 4.88 Å². The van der Waals surface area contributed by atoms with Gasteiger partial charge in [-0.25, -0.2) is 4.98 Å². The maximum atomic E-state index is 10.7. The highest BCUT2D eigenvalue weighted by molar-refractivity contribution is 7.12. The van der Waals surface area contributed by atoms with E-state index < -0.39 is 0 Å². The fourth-order valence-corrected chi connectivity index (χ4v) is 1.58. The number of nitrogens with zero attached hydrogens (tertiary/aromatic N) is 1. The van der Waals surface area contributed by atoms with E-state index in [2.05, 4.69) is 21.6 Å². The first-order chi connectivity index (χ1) is 6.63. The molecule has 0 fully saturated rings. The van der Waals surface area contributed by atoms with Gasteiger partial charge in [-0.05, 0) is 19.8 Å². The number of hydrogen-bond acceptors (Lipinski definition) is 4. The molecule has 1 rings (SSSR count). The third-order valence-electron chi connectivity index (χ3n) is 1.68. The van der Waals surface area contributed by atoms with Crippen LogP contribution in [-0.2, 0) is 9.53 Å². The maximum absolute atomic E-state index is 10.7. The third kappa shape index (κ3) is 2.86. The van der Waals surface area contributed by atoms with Crippen molar-refractivity contribution in [2.24, 2.45) is 0 Å². The number of ether oxygens (including phenoxy) is 1. The summed E-state index contributed by atoms with van der Waals surface area (Å²) in [6.07, 6.45) is 0.119. The van der Waals surface area contributed by atoms with E-state index in [4.69, 9.17) is 0 Å². The third-order valence-corrected chi connectivity index (χ3v) is 2.67. The standard InChI is InChI=1S/C10H11NO2S/c1-7-8(2)14-9(11-7)5-4-6-10(12)13-3/h6H2,1-3H3. The van der Waals surface area contributed by atoms with E-state index in [-0.39, 0.29) is 12.4 Å². The summed E-state index contributed by atoms with van der Waals surface area (Å²) in [5, 5.41) is 0.754. The van der Waals surface area contributed by atoms with Crippen LogP contribution in [0.25, 0.3) is 0 Å². The molecule has 0 aliphatic carbocycles. The molecule has 0 amide bonds. The predicted molar refractivity (Wildman–Crippen MR) is 55.1 cm³/mol. The van der Waals surface area contributed by atoms with Gasteiger partial charge in [0.1, 0.15) is 6.42 Å². The molecule has 0 N–H and O–H groups in total. The lowest BCUT2D eigenvalue weighted by molar-refractivity contribution is -0.139. The average molecular weight is 209 g/mol. The van der Waals surface area contributed by atoms with Crippen LogP contribution in [0.15, 0.2) is 0 Å². The molecular weight excluding hydrogens is 198 g/mol. The quantitative estimate of drug-likeness (QED) is 0.521. The highest BCUT2D eigenvalue weighted by atomic mass is 32.1. The summed E-state index contributed by atoms with van der Waals surface area (Å²) in [5.74, 6) is 5.23. The predicted octanol–water partition coefficient (Wildman–Crippen LogP) is 1.67. The Morgan fingerprint density at radius 2 is 2.29 bits per heavy atom. The molecule has 0 bridgehead atoms. The first-order valence-electron chi connectivity index (χ1n) is 4.13. The zero-order valence-corrected chi connectivity index (χ0v) is 9.20. The van der Waals surface area contributed by atoms with Crippen molar-refractivity contribution in [1.82, 2.24) is 4.98 Å². The van der Waals surface area contributed by atoms with E-state index in [1.807, 2.05) is 13.8 Å². The molecule has 0 spiro atoms. The minimum Gasteiger partial charge on any atom is -0.468 e. The van der Waals surface area contributed by atoms with Crippen LogP contribution in [0.1, 0.15) is 22.0 Å². The van der Waals surface area contributed by atoms with Gasteiger partial charge in [0.05, 0.1) is 12.8 Å². The molecule has 3 nitrogen and oxygen atoms in total. The second kappa shape index (κ2) is 4.77. The van der Waals surface area contributed by atoms with Gasteiger partial charge in [-0.1, -0.05) is 5.92 Å². The lowest BCUT2D eigenvalue weighted by atomic mass is 10.4. The fourth-order valence-electron chi connectivity index (χ4n) is 0.790. The molecule has 0 aromatic carbocycles. The van der Waals surface area contributed by atoms with Gasteiger partial charge < -0.3 is 4.74 Å². The summed E-state index contributed by atoms with van der Waals surface area (Å²) in [6, 6.07) is 0. The number of aryl methyl sites for hydroxylation is 2. The van der Waals surface area contributed by atoms with Crippen molar-refractivity contribution in [2.45, 2.75) is 20.3 Å². The highest BCUT2D eigenvalue weighted by Gasteiger charge is 2.00. The van der Waals surface area contributed by atoms with Gasteiger partial charge in [-0.2, -0.15) is 0 Å². The van der Waals surface area contributed by atoms with Crippen molar-refractivity contribution >= 4 is 17.3 Å². The van der Waals surface area contributed by atoms with Gasteiger partial charge in [0.25, 0.3) is 0 Å². The van der Waals surface area contributed by atoms with E-state index in [0.717, 1.165) is 15.6 Å². The fraction of sp³-hybridized carbons (Fsp3) is 0.400. The van der Waals surface area contributed by atoms with E-state index >= 15 is 0 Å². The SMILES string of the molecule is COC(=O)CC#Cc1nc(C)c(C)s1. The maximum Gasteiger partial charge on any atom is 0.317 e. The number of carbonyl (C=O) groups is 1.